The van der Waals surface area contributed by atoms with Crippen LogP contribution in [0.2, 0.25) is 0 Å². The topological polar surface area (TPSA) is 50.7 Å². The Morgan fingerprint density at radius 2 is 1.10 bits per heavy atom. The van der Waals surface area contributed by atoms with E-state index in [1.807, 2.05) is 0 Å². The van der Waals surface area contributed by atoms with Crippen LogP contribution in [0.1, 0.15) is 29.9 Å². The third kappa shape index (κ3) is 6.91. The number of piperidine rings is 1. The van der Waals surface area contributed by atoms with E-state index in [-0.39, 0.29) is 12.4 Å². The van der Waals surface area contributed by atoms with Crippen molar-refractivity contribution in [3.63, 3.8) is 0 Å². The molecule has 2 aromatic carbocycles. The van der Waals surface area contributed by atoms with Crippen LogP contribution in [0.5, 0.6) is 11.5 Å². The second-order valence-electron chi connectivity index (χ2n) is 7.02. The minimum atomic E-state index is -4.83. The molecule has 0 saturated carbocycles. The van der Waals surface area contributed by atoms with Gasteiger partial charge in [0.1, 0.15) is 11.5 Å². The maximum Gasteiger partial charge on any atom is 0.573 e. The highest BCUT2D eigenvalue weighted by atomic mass is 35.5. The average molecular weight is 472 g/mol. The van der Waals surface area contributed by atoms with Gasteiger partial charge in [-0.2, -0.15) is 0 Å². The van der Waals surface area contributed by atoms with Crippen molar-refractivity contribution in [2.24, 2.45) is 0 Å². The number of hydrogen-bond acceptors (Lipinski definition) is 4. The standard InChI is InChI=1S/C20H19F6NO3.ClH/c21-19(22,23)29-15-5-1-13(2-6-15)17(18(28)9-11-27-12-10-18)14-3-7-16(8-4-14)30-20(24,25)26;/h1-8,17,27-28H,9-12H2;1H. The number of ether oxygens (including phenoxy) is 2. The molecule has 11 heteroatoms. The summed E-state index contributed by atoms with van der Waals surface area (Å²) in [6, 6.07) is 10.2. The molecule has 1 heterocycles. The number of nitrogens with one attached hydrogen (secondary N) is 1. The van der Waals surface area contributed by atoms with E-state index in [0.29, 0.717) is 37.1 Å². The minimum Gasteiger partial charge on any atom is -0.406 e. The molecule has 0 amide bonds. The van der Waals surface area contributed by atoms with Gasteiger partial charge in [0.15, 0.2) is 0 Å². The normalized spacial score (nSPS) is 16.5. The summed E-state index contributed by atoms with van der Waals surface area (Å²) >= 11 is 0. The van der Waals surface area contributed by atoms with Gasteiger partial charge >= 0.3 is 12.7 Å². The summed E-state index contributed by atoms with van der Waals surface area (Å²) < 4.78 is 82.2. The van der Waals surface area contributed by atoms with Gasteiger partial charge in [-0.3, -0.25) is 0 Å². The zero-order valence-electron chi connectivity index (χ0n) is 16.0. The van der Waals surface area contributed by atoms with E-state index in [1.165, 1.54) is 24.3 Å². The smallest absolute Gasteiger partial charge is 0.406 e. The molecule has 2 aromatic rings. The predicted molar refractivity (Wildman–Crippen MR) is 102 cm³/mol. The minimum absolute atomic E-state index is 0. The summed E-state index contributed by atoms with van der Waals surface area (Å²) in [4.78, 5) is 0. The number of rotatable bonds is 5. The highest BCUT2D eigenvalue weighted by molar-refractivity contribution is 5.85. The molecule has 0 spiro atoms. The first kappa shape index (κ1) is 25.1. The van der Waals surface area contributed by atoms with E-state index < -0.39 is 35.7 Å². The molecule has 0 bridgehead atoms. The largest absolute Gasteiger partial charge is 0.573 e. The summed E-state index contributed by atoms with van der Waals surface area (Å²) in [5, 5.41) is 14.4. The van der Waals surface area contributed by atoms with E-state index in [9.17, 15) is 31.4 Å². The zero-order chi connectivity index (χ0) is 22.0. The summed E-state index contributed by atoms with van der Waals surface area (Å²) in [6.07, 6.45) is -8.94. The summed E-state index contributed by atoms with van der Waals surface area (Å²) in [5.41, 5.74) is -0.207. The van der Waals surface area contributed by atoms with Crippen molar-refractivity contribution in [3.05, 3.63) is 59.7 Å². The molecule has 0 unspecified atom stereocenters. The quantitative estimate of drug-likeness (QED) is 0.592. The van der Waals surface area contributed by atoms with E-state index >= 15 is 0 Å². The fraction of sp³-hybridized carbons (Fsp3) is 0.400. The molecule has 0 aliphatic carbocycles. The zero-order valence-corrected chi connectivity index (χ0v) is 16.8. The van der Waals surface area contributed by atoms with Gasteiger partial charge in [0.2, 0.25) is 0 Å². The van der Waals surface area contributed by atoms with Crippen molar-refractivity contribution in [1.29, 1.82) is 0 Å². The first-order chi connectivity index (χ1) is 14.0. The first-order valence-electron chi connectivity index (χ1n) is 9.10. The van der Waals surface area contributed by atoms with Gasteiger partial charge < -0.3 is 19.9 Å². The molecule has 0 radical (unpaired) electrons. The van der Waals surface area contributed by atoms with Crippen molar-refractivity contribution in [3.8, 4) is 11.5 Å². The molecule has 172 valence electrons. The SMILES string of the molecule is Cl.OC1(C(c2ccc(OC(F)(F)F)cc2)c2ccc(OC(F)(F)F)cc2)CCNCC1. The molecule has 2 N–H and O–H groups in total. The second kappa shape index (κ2) is 9.54. The third-order valence-electron chi connectivity index (χ3n) is 4.90. The van der Waals surface area contributed by atoms with Gasteiger partial charge in [0, 0.05) is 5.92 Å². The Bertz CT molecular complexity index is 774. The van der Waals surface area contributed by atoms with Crippen LogP contribution in [0.15, 0.2) is 48.5 Å². The lowest BCUT2D eigenvalue weighted by Gasteiger charge is -2.40. The monoisotopic (exact) mass is 471 g/mol. The average Bonchev–Trinajstić information content (AvgIpc) is 2.63. The second-order valence-corrected chi connectivity index (χ2v) is 7.02. The van der Waals surface area contributed by atoms with Crippen LogP contribution >= 0.6 is 12.4 Å². The number of halogens is 7. The lowest BCUT2D eigenvalue weighted by molar-refractivity contribution is -0.275. The van der Waals surface area contributed by atoms with Gasteiger partial charge in [-0.15, -0.1) is 38.7 Å². The molecular weight excluding hydrogens is 452 g/mol. The Morgan fingerprint density at radius 3 is 1.42 bits per heavy atom. The van der Waals surface area contributed by atoms with Crippen molar-refractivity contribution < 1.29 is 40.9 Å². The fourth-order valence-electron chi connectivity index (χ4n) is 3.69. The van der Waals surface area contributed by atoms with Gasteiger partial charge in [-0.1, -0.05) is 24.3 Å². The Kier molecular flexibility index (Phi) is 7.72. The molecule has 1 saturated heterocycles. The van der Waals surface area contributed by atoms with Crippen molar-refractivity contribution >= 4 is 12.4 Å². The maximum atomic E-state index is 12.4. The highest BCUT2D eigenvalue weighted by Gasteiger charge is 2.40. The van der Waals surface area contributed by atoms with E-state index in [0.717, 1.165) is 24.3 Å². The van der Waals surface area contributed by atoms with Crippen LogP contribution in [0.4, 0.5) is 26.3 Å². The lowest BCUT2D eigenvalue weighted by Crippen LogP contribution is -2.46. The Morgan fingerprint density at radius 1 is 0.742 bits per heavy atom. The molecule has 1 aliphatic heterocycles. The van der Waals surface area contributed by atoms with Crippen LogP contribution in [0.25, 0.3) is 0 Å². The molecule has 4 nitrogen and oxygen atoms in total. The van der Waals surface area contributed by atoms with Gasteiger partial charge in [-0.25, -0.2) is 0 Å². The molecule has 31 heavy (non-hydrogen) atoms. The molecular formula is C20H20ClF6NO3. The summed E-state index contributed by atoms with van der Waals surface area (Å²) in [6.45, 7) is 1.05. The molecule has 0 atom stereocenters. The highest BCUT2D eigenvalue weighted by Crippen LogP contribution is 2.41. The van der Waals surface area contributed by atoms with Crippen molar-refractivity contribution in [1.82, 2.24) is 5.32 Å². The predicted octanol–water partition coefficient (Wildman–Crippen LogP) is 5.15. The van der Waals surface area contributed by atoms with Gasteiger partial charge in [0.05, 0.1) is 5.60 Å². The first-order valence-corrected chi connectivity index (χ1v) is 9.10. The lowest BCUT2D eigenvalue weighted by atomic mass is 9.72. The molecule has 0 aromatic heterocycles. The summed E-state index contributed by atoms with van der Waals surface area (Å²) in [7, 11) is 0. The van der Waals surface area contributed by atoms with Crippen LogP contribution in [0, 0.1) is 0 Å². The maximum absolute atomic E-state index is 12.4. The number of alkyl halides is 6. The molecule has 3 rings (SSSR count). The van der Waals surface area contributed by atoms with Crippen LogP contribution < -0.4 is 14.8 Å². The number of aliphatic hydroxyl groups is 1. The van der Waals surface area contributed by atoms with Gasteiger partial charge in [0.25, 0.3) is 0 Å². The third-order valence-corrected chi connectivity index (χ3v) is 4.90. The van der Waals surface area contributed by atoms with E-state index in [2.05, 4.69) is 14.8 Å². The number of benzene rings is 2. The van der Waals surface area contributed by atoms with Crippen LogP contribution in [0.3, 0.4) is 0 Å². The van der Waals surface area contributed by atoms with E-state index in [4.69, 9.17) is 0 Å². The van der Waals surface area contributed by atoms with Crippen LogP contribution in [-0.2, 0) is 0 Å². The Hall–Kier alpha value is -2.17. The molecule has 1 fully saturated rings. The van der Waals surface area contributed by atoms with Crippen molar-refractivity contribution in [2.75, 3.05) is 13.1 Å². The molecule has 1 aliphatic rings. The van der Waals surface area contributed by atoms with Crippen LogP contribution in [-0.4, -0.2) is 36.5 Å². The number of hydrogen-bond donors (Lipinski definition) is 2. The Balaban J connectivity index is 0.00000341. The van der Waals surface area contributed by atoms with Gasteiger partial charge in [-0.05, 0) is 61.3 Å². The van der Waals surface area contributed by atoms with Crippen molar-refractivity contribution in [2.45, 2.75) is 37.1 Å². The fourth-order valence-corrected chi connectivity index (χ4v) is 3.69. The Labute approximate surface area is 180 Å². The summed E-state index contributed by atoms with van der Waals surface area (Å²) in [5.74, 6) is -1.48. The van der Waals surface area contributed by atoms with E-state index in [1.54, 1.807) is 0 Å².